The highest BCUT2D eigenvalue weighted by molar-refractivity contribution is 6.30. The molecular formula is C15H15ClFN3O3. The van der Waals surface area contributed by atoms with Crippen molar-refractivity contribution in [2.45, 2.75) is 19.4 Å². The molecule has 0 aliphatic rings. The third-order valence-corrected chi connectivity index (χ3v) is 3.57. The number of amides is 1. The van der Waals surface area contributed by atoms with Gasteiger partial charge in [-0.3, -0.25) is 14.3 Å². The minimum Gasteiger partial charge on any atom is -0.481 e. The Morgan fingerprint density at radius 2 is 2.13 bits per heavy atom. The van der Waals surface area contributed by atoms with Crippen LogP contribution in [0, 0.1) is 12.7 Å². The number of nitrogens with one attached hydrogen (secondary N) is 1. The van der Waals surface area contributed by atoms with Crippen LogP contribution in [-0.2, 0) is 11.8 Å². The summed E-state index contributed by atoms with van der Waals surface area (Å²) in [6.45, 7) is 1.74. The van der Waals surface area contributed by atoms with E-state index in [1.54, 1.807) is 20.0 Å². The number of carbonyl (C=O) groups is 2. The first kappa shape index (κ1) is 17.0. The van der Waals surface area contributed by atoms with Crippen molar-refractivity contribution >= 4 is 23.5 Å². The lowest BCUT2D eigenvalue weighted by atomic mass is 10.0. The molecule has 0 bridgehead atoms. The second-order valence-electron chi connectivity index (χ2n) is 5.09. The number of hydrogen-bond acceptors (Lipinski definition) is 3. The molecule has 1 amide bonds. The van der Waals surface area contributed by atoms with Crippen molar-refractivity contribution in [3.8, 4) is 0 Å². The van der Waals surface area contributed by atoms with Gasteiger partial charge >= 0.3 is 5.97 Å². The molecule has 0 fully saturated rings. The average molecular weight is 340 g/mol. The van der Waals surface area contributed by atoms with Gasteiger partial charge in [-0.1, -0.05) is 17.7 Å². The first-order valence-corrected chi connectivity index (χ1v) is 7.14. The number of aryl methyl sites for hydroxylation is 2. The molecule has 1 aromatic heterocycles. The molecule has 0 unspecified atom stereocenters. The van der Waals surface area contributed by atoms with Crippen LogP contribution in [0.25, 0.3) is 0 Å². The van der Waals surface area contributed by atoms with Gasteiger partial charge in [0.25, 0.3) is 5.91 Å². The van der Waals surface area contributed by atoms with Crippen LogP contribution in [0.3, 0.4) is 0 Å². The molecule has 2 rings (SSSR count). The smallest absolute Gasteiger partial charge is 0.305 e. The van der Waals surface area contributed by atoms with E-state index in [9.17, 15) is 14.0 Å². The summed E-state index contributed by atoms with van der Waals surface area (Å²) in [5.74, 6) is -2.29. The largest absolute Gasteiger partial charge is 0.481 e. The van der Waals surface area contributed by atoms with Crippen LogP contribution in [0.1, 0.15) is 34.2 Å². The normalized spacial score (nSPS) is 12.0. The van der Waals surface area contributed by atoms with Gasteiger partial charge < -0.3 is 10.4 Å². The SMILES string of the molecule is Cc1cc(C(=O)N[C@@H](CC(=O)O)c2ccc(Cl)c(F)c2)n(C)n1. The summed E-state index contributed by atoms with van der Waals surface area (Å²) >= 11 is 5.63. The number of hydrogen-bond donors (Lipinski definition) is 2. The number of benzene rings is 1. The summed E-state index contributed by atoms with van der Waals surface area (Å²) in [4.78, 5) is 23.3. The van der Waals surface area contributed by atoms with E-state index in [0.717, 1.165) is 6.07 Å². The molecule has 2 N–H and O–H groups in total. The van der Waals surface area contributed by atoms with Crippen molar-refractivity contribution in [2.75, 3.05) is 0 Å². The average Bonchev–Trinajstić information content (AvgIpc) is 2.79. The third kappa shape index (κ3) is 4.07. The Hall–Kier alpha value is -2.41. The fraction of sp³-hybridized carbons (Fsp3) is 0.267. The number of carbonyl (C=O) groups excluding carboxylic acids is 1. The molecule has 0 radical (unpaired) electrons. The number of carboxylic acids is 1. The van der Waals surface area contributed by atoms with E-state index >= 15 is 0 Å². The second-order valence-corrected chi connectivity index (χ2v) is 5.50. The van der Waals surface area contributed by atoms with Gasteiger partial charge in [-0.25, -0.2) is 4.39 Å². The first-order valence-electron chi connectivity index (χ1n) is 6.76. The van der Waals surface area contributed by atoms with E-state index in [1.165, 1.54) is 16.8 Å². The van der Waals surface area contributed by atoms with Gasteiger partial charge in [0.05, 0.1) is 23.2 Å². The van der Waals surface area contributed by atoms with Gasteiger partial charge in [0.15, 0.2) is 0 Å². The van der Waals surface area contributed by atoms with Crippen LogP contribution in [0.2, 0.25) is 5.02 Å². The van der Waals surface area contributed by atoms with Gasteiger partial charge in [0, 0.05) is 7.05 Å². The number of aliphatic carboxylic acids is 1. The highest BCUT2D eigenvalue weighted by Crippen LogP contribution is 2.23. The quantitative estimate of drug-likeness (QED) is 0.876. The van der Waals surface area contributed by atoms with Gasteiger partial charge in [0.2, 0.25) is 0 Å². The predicted octanol–water partition coefficient (Wildman–Crippen LogP) is 2.47. The number of nitrogens with zero attached hydrogens (tertiary/aromatic N) is 2. The Kier molecular flexibility index (Phi) is 5.00. The predicted molar refractivity (Wildman–Crippen MR) is 81.8 cm³/mol. The topological polar surface area (TPSA) is 84.2 Å². The Morgan fingerprint density at radius 3 is 2.65 bits per heavy atom. The summed E-state index contributed by atoms with van der Waals surface area (Å²) < 4.78 is 15.0. The lowest BCUT2D eigenvalue weighted by Crippen LogP contribution is -2.31. The molecule has 8 heteroatoms. The fourth-order valence-corrected chi connectivity index (χ4v) is 2.33. The van der Waals surface area contributed by atoms with Crippen LogP contribution >= 0.6 is 11.6 Å². The van der Waals surface area contributed by atoms with E-state index < -0.39 is 23.7 Å². The number of rotatable bonds is 5. The molecule has 0 aliphatic carbocycles. The van der Waals surface area contributed by atoms with Gasteiger partial charge in [-0.05, 0) is 30.7 Å². The van der Waals surface area contributed by atoms with E-state index in [-0.39, 0.29) is 17.1 Å². The van der Waals surface area contributed by atoms with E-state index in [4.69, 9.17) is 16.7 Å². The molecule has 0 aliphatic heterocycles. The number of carboxylic acid groups (broad SMARTS) is 1. The maximum Gasteiger partial charge on any atom is 0.305 e. The molecular weight excluding hydrogens is 325 g/mol. The highest BCUT2D eigenvalue weighted by Gasteiger charge is 2.21. The summed E-state index contributed by atoms with van der Waals surface area (Å²) in [5, 5.41) is 15.6. The molecule has 1 aromatic carbocycles. The molecule has 1 atom stereocenters. The lowest BCUT2D eigenvalue weighted by Gasteiger charge is -2.17. The fourth-order valence-electron chi connectivity index (χ4n) is 2.21. The van der Waals surface area contributed by atoms with Crippen molar-refractivity contribution in [1.29, 1.82) is 0 Å². The molecule has 0 saturated carbocycles. The molecule has 2 aromatic rings. The minimum atomic E-state index is -1.12. The minimum absolute atomic E-state index is 0.0728. The molecule has 1 heterocycles. The highest BCUT2D eigenvalue weighted by atomic mass is 35.5. The van der Waals surface area contributed by atoms with Gasteiger partial charge in [-0.2, -0.15) is 5.10 Å². The zero-order chi connectivity index (χ0) is 17.1. The Balaban J connectivity index is 2.28. The number of halogens is 2. The zero-order valence-corrected chi connectivity index (χ0v) is 13.3. The molecule has 0 saturated heterocycles. The van der Waals surface area contributed by atoms with Crippen LogP contribution in [0.5, 0.6) is 0 Å². The van der Waals surface area contributed by atoms with Crippen LogP contribution in [-0.4, -0.2) is 26.8 Å². The Morgan fingerprint density at radius 1 is 1.43 bits per heavy atom. The van der Waals surface area contributed by atoms with E-state index in [2.05, 4.69) is 10.4 Å². The van der Waals surface area contributed by atoms with Crippen molar-refractivity contribution in [3.63, 3.8) is 0 Å². The second kappa shape index (κ2) is 6.78. The van der Waals surface area contributed by atoms with E-state index in [1.807, 2.05) is 0 Å². The molecule has 6 nitrogen and oxygen atoms in total. The van der Waals surface area contributed by atoms with Gasteiger partial charge in [-0.15, -0.1) is 0 Å². The van der Waals surface area contributed by atoms with Crippen molar-refractivity contribution in [1.82, 2.24) is 15.1 Å². The zero-order valence-electron chi connectivity index (χ0n) is 12.5. The van der Waals surface area contributed by atoms with Gasteiger partial charge in [0.1, 0.15) is 11.5 Å². The summed E-state index contributed by atoms with van der Waals surface area (Å²) in [6.07, 6.45) is -0.385. The Labute approximate surface area is 136 Å². The lowest BCUT2D eigenvalue weighted by molar-refractivity contribution is -0.137. The van der Waals surface area contributed by atoms with Crippen LogP contribution in [0.4, 0.5) is 4.39 Å². The molecule has 122 valence electrons. The summed E-state index contributed by atoms with van der Waals surface area (Å²) in [7, 11) is 1.61. The molecule has 0 spiro atoms. The monoisotopic (exact) mass is 339 g/mol. The van der Waals surface area contributed by atoms with E-state index in [0.29, 0.717) is 11.3 Å². The maximum absolute atomic E-state index is 13.6. The maximum atomic E-state index is 13.6. The summed E-state index contributed by atoms with van der Waals surface area (Å²) in [6, 6.07) is 4.61. The van der Waals surface area contributed by atoms with Crippen molar-refractivity contribution < 1.29 is 19.1 Å². The van der Waals surface area contributed by atoms with Crippen LogP contribution in [0.15, 0.2) is 24.3 Å². The summed E-state index contributed by atoms with van der Waals surface area (Å²) in [5.41, 5.74) is 1.26. The number of aromatic nitrogens is 2. The van der Waals surface area contributed by atoms with Crippen molar-refractivity contribution in [2.24, 2.45) is 7.05 Å². The van der Waals surface area contributed by atoms with Crippen molar-refractivity contribution in [3.05, 3.63) is 52.1 Å². The Bertz CT molecular complexity index is 760. The first-order chi connectivity index (χ1) is 10.8. The third-order valence-electron chi connectivity index (χ3n) is 3.26. The van der Waals surface area contributed by atoms with Crippen LogP contribution < -0.4 is 5.32 Å². The molecule has 23 heavy (non-hydrogen) atoms. The standard InChI is InChI=1S/C15H15ClFN3O3/c1-8-5-13(20(2)19-8)15(23)18-12(7-14(21)22)9-3-4-10(16)11(17)6-9/h3-6,12H,7H2,1-2H3,(H,18,23)(H,21,22)/t12-/m0/s1.